The Morgan fingerprint density at radius 1 is 1.31 bits per heavy atom. The van der Waals surface area contributed by atoms with E-state index < -0.39 is 11.6 Å². The average Bonchev–Trinajstić information content (AvgIpc) is 2.68. The van der Waals surface area contributed by atoms with E-state index in [2.05, 4.69) is 4.98 Å². The number of hydrogen-bond acceptors (Lipinski definition) is 4. The van der Waals surface area contributed by atoms with Crippen molar-refractivity contribution in [1.82, 2.24) is 4.98 Å². The molecule has 0 aliphatic carbocycles. The number of halogens is 2. The smallest absolute Gasteiger partial charge is 0.180 e. The largest absolute Gasteiger partial charge is 0.496 e. The molecule has 0 atom stereocenters. The van der Waals surface area contributed by atoms with Crippen LogP contribution >= 0.6 is 11.3 Å². The monoisotopic (exact) mass is 242 g/mol. The lowest BCUT2D eigenvalue weighted by Gasteiger charge is -2.06. The van der Waals surface area contributed by atoms with Crippen LogP contribution in [-0.2, 0) is 0 Å². The Morgan fingerprint density at radius 2 is 2.00 bits per heavy atom. The number of nitrogen functional groups attached to an aromatic ring is 1. The number of anilines is 1. The molecule has 3 nitrogen and oxygen atoms in total. The molecule has 1 heterocycles. The predicted molar refractivity (Wildman–Crippen MR) is 58.4 cm³/mol. The van der Waals surface area contributed by atoms with Crippen molar-refractivity contribution in [2.24, 2.45) is 0 Å². The van der Waals surface area contributed by atoms with Gasteiger partial charge < -0.3 is 10.5 Å². The van der Waals surface area contributed by atoms with E-state index in [9.17, 15) is 8.78 Å². The molecule has 0 aliphatic heterocycles. The summed E-state index contributed by atoms with van der Waals surface area (Å²) in [5.41, 5.74) is 6.33. The first-order valence-corrected chi connectivity index (χ1v) is 5.24. The second-order valence-corrected chi connectivity index (χ2v) is 3.93. The summed E-state index contributed by atoms with van der Waals surface area (Å²) >= 11 is 1.22. The third kappa shape index (κ3) is 1.83. The van der Waals surface area contributed by atoms with E-state index in [0.29, 0.717) is 16.4 Å². The van der Waals surface area contributed by atoms with E-state index in [1.165, 1.54) is 18.4 Å². The lowest BCUT2D eigenvalue weighted by molar-refractivity contribution is 0.408. The highest BCUT2D eigenvalue weighted by atomic mass is 32.1. The summed E-state index contributed by atoms with van der Waals surface area (Å²) in [6.07, 6.45) is 0. The number of aromatic nitrogens is 1. The summed E-state index contributed by atoms with van der Waals surface area (Å²) in [6.45, 7) is 0. The molecule has 84 valence electrons. The minimum Gasteiger partial charge on any atom is -0.496 e. The maximum absolute atomic E-state index is 13.1. The minimum atomic E-state index is -0.955. The molecular formula is C10H8F2N2OS. The Labute approximate surface area is 94.5 Å². The van der Waals surface area contributed by atoms with Gasteiger partial charge in [-0.1, -0.05) is 0 Å². The Kier molecular flexibility index (Phi) is 2.74. The summed E-state index contributed by atoms with van der Waals surface area (Å²) in [5.74, 6) is -1.67. The first-order valence-electron chi connectivity index (χ1n) is 4.36. The van der Waals surface area contributed by atoms with Gasteiger partial charge in [0.05, 0.1) is 12.8 Å². The van der Waals surface area contributed by atoms with E-state index in [0.717, 1.165) is 12.1 Å². The van der Waals surface area contributed by atoms with Crippen LogP contribution in [-0.4, -0.2) is 12.1 Å². The SMILES string of the molecule is COc1cc(F)c(F)cc1-c1csc(N)n1. The van der Waals surface area contributed by atoms with Crippen molar-refractivity contribution < 1.29 is 13.5 Å². The van der Waals surface area contributed by atoms with Crippen molar-refractivity contribution in [2.45, 2.75) is 0 Å². The molecule has 1 aromatic heterocycles. The van der Waals surface area contributed by atoms with Gasteiger partial charge in [-0.25, -0.2) is 13.8 Å². The quantitative estimate of drug-likeness (QED) is 0.880. The number of nitrogens with zero attached hydrogens (tertiary/aromatic N) is 1. The number of thiazole rings is 1. The normalized spacial score (nSPS) is 10.4. The molecule has 0 amide bonds. The fourth-order valence-corrected chi connectivity index (χ4v) is 1.87. The predicted octanol–water partition coefficient (Wildman–Crippen LogP) is 2.68. The van der Waals surface area contributed by atoms with Crippen molar-refractivity contribution in [2.75, 3.05) is 12.8 Å². The molecule has 16 heavy (non-hydrogen) atoms. The van der Waals surface area contributed by atoms with Gasteiger partial charge in [0.1, 0.15) is 5.75 Å². The van der Waals surface area contributed by atoms with E-state index in [1.807, 2.05) is 0 Å². The standard InChI is InChI=1S/C10H8F2N2OS/c1-15-9-3-7(12)6(11)2-5(9)8-4-16-10(13)14-8/h2-4H,1H3,(H2,13,14). The maximum atomic E-state index is 13.1. The lowest BCUT2D eigenvalue weighted by Crippen LogP contribution is -1.93. The zero-order valence-corrected chi connectivity index (χ0v) is 9.15. The van der Waals surface area contributed by atoms with Crippen LogP contribution in [0.5, 0.6) is 5.75 Å². The fraction of sp³-hybridized carbons (Fsp3) is 0.100. The number of benzene rings is 1. The van der Waals surface area contributed by atoms with Crippen LogP contribution in [0.3, 0.4) is 0 Å². The molecule has 6 heteroatoms. The molecule has 0 unspecified atom stereocenters. The Bertz CT molecular complexity index is 528. The highest BCUT2D eigenvalue weighted by Crippen LogP contribution is 2.33. The van der Waals surface area contributed by atoms with Gasteiger partial charge in [0.2, 0.25) is 0 Å². The highest BCUT2D eigenvalue weighted by Gasteiger charge is 2.14. The van der Waals surface area contributed by atoms with Gasteiger partial charge in [-0.05, 0) is 6.07 Å². The second kappa shape index (κ2) is 4.05. The molecule has 0 radical (unpaired) electrons. The van der Waals surface area contributed by atoms with Crippen LogP contribution in [0.1, 0.15) is 0 Å². The third-order valence-electron chi connectivity index (χ3n) is 2.04. The third-order valence-corrected chi connectivity index (χ3v) is 2.71. The van der Waals surface area contributed by atoms with Crippen molar-refractivity contribution in [1.29, 1.82) is 0 Å². The van der Waals surface area contributed by atoms with Crippen molar-refractivity contribution >= 4 is 16.5 Å². The molecule has 2 N–H and O–H groups in total. The van der Waals surface area contributed by atoms with E-state index >= 15 is 0 Å². The zero-order chi connectivity index (χ0) is 11.7. The maximum Gasteiger partial charge on any atom is 0.180 e. The summed E-state index contributed by atoms with van der Waals surface area (Å²) < 4.78 is 31.0. The molecule has 2 rings (SSSR count). The average molecular weight is 242 g/mol. The van der Waals surface area contributed by atoms with Crippen LogP contribution in [0.2, 0.25) is 0 Å². The number of nitrogens with two attached hydrogens (primary N) is 1. The number of rotatable bonds is 2. The Hall–Kier alpha value is -1.69. The van der Waals surface area contributed by atoms with E-state index in [-0.39, 0.29) is 5.75 Å². The van der Waals surface area contributed by atoms with Crippen molar-refractivity contribution in [3.05, 3.63) is 29.1 Å². The van der Waals surface area contributed by atoms with Gasteiger partial charge in [0.15, 0.2) is 16.8 Å². The Balaban J connectivity index is 2.59. The summed E-state index contributed by atoms with van der Waals surface area (Å²) in [4.78, 5) is 3.99. The van der Waals surface area contributed by atoms with Crippen LogP contribution in [0.25, 0.3) is 11.3 Å². The summed E-state index contributed by atoms with van der Waals surface area (Å²) in [5, 5.41) is 2.02. The van der Waals surface area contributed by atoms with Crippen LogP contribution in [0, 0.1) is 11.6 Å². The molecule has 0 fully saturated rings. The number of hydrogen-bond donors (Lipinski definition) is 1. The number of ether oxygens (including phenoxy) is 1. The van der Waals surface area contributed by atoms with Gasteiger partial charge in [0, 0.05) is 17.0 Å². The number of methoxy groups -OCH3 is 1. The highest BCUT2D eigenvalue weighted by molar-refractivity contribution is 7.13. The Morgan fingerprint density at radius 3 is 2.56 bits per heavy atom. The summed E-state index contributed by atoms with van der Waals surface area (Å²) in [6, 6.07) is 2.03. The van der Waals surface area contributed by atoms with Crippen LogP contribution < -0.4 is 10.5 Å². The first-order chi connectivity index (χ1) is 7.61. The molecule has 2 aromatic rings. The molecule has 0 bridgehead atoms. The minimum absolute atomic E-state index is 0.226. The second-order valence-electron chi connectivity index (χ2n) is 3.04. The fourth-order valence-electron chi connectivity index (χ4n) is 1.31. The molecular weight excluding hydrogens is 234 g/mol. The zero-order valence-electron chi connectivity index (χ0n) is 8.33. The van der Waals surface area contributed by atoms with Gasteiger partial charge in [0.25, 0.3) is 0 Å². The van der Waals surface area contributed by atoms with Gasteiger partial charge in [-0.3, -0.25) is 0 Å². The van der Waals surface area contributed by atoms with Gasteiger partial charge in [-0.15, -0.1) is 11.3 Å². The van der Waals surface area contributed by atoms with Gasteiger partial charge in [-0.2, -0.15) is 0 Å². The van der Waals surface area contributed by atoms with Crippen LogP contribution in [0.4, 0.5) is 13.9 Å². The van der Waals surface area contributed by atoms with Crippen molar-refractivity contribution in [3.8, 4) is 17.0 Å². The molecule has 0 saturated carbocycles. The van der Waals surface area contributed by atoms with Gasteiger partial charge >= 0.3 is 0 Å². The van der Waals surface area contributed by atoms with Crippen molar-refractivity contribution in [3.63, 3.8) is 0 Å². The first kappa shape index (κ1) is 10.8. The molecule has 0 spiro atoms. The molecule has 0 aliphatic rings. The topological polar surface area (TPSA) is 48.1 Å². The molecule has 0 saturated heterocycles. The summed E-state index contributed by atoms with van der Waals surface area (Å²) in [7, 11) is 1.38. The van der Waals surface area contributed by atoms with Crippen LogP contribution in [0.15, 0.2) is 17.5 Å². The molecule has 1 aromatic carbocycles. The van der Waals surface area contributed by atoms with E-state index in [1.54, 1.807) is 5.38 Å². The lowest BCUT2D eigenvalue weighted by atomic mass is 10.1. The van der Waals surface area contributed by atoms with E-state index in [4.69, 9.17) is 10.5 Å².